The van der Waals surface area contributed by atoms with E-state index in [-0.39, 0.29) is 11.8 Å². The van der Waals surface area contributed by atoms with E-state index >= 15 is 0 Å². The molecule has 1 aliphatic rings. The molecule has 0 aromatic carbocycles. The Kier molecular flexibility index (Phi) is 3.50. The molecule has 1 atom stereocenters. The van der Waals surface area contributed by atoms with E-state index in [9.17, 15) is 9.59 Å². The van der Waals surface area contributed by atoms with Crippen LogP contribution in [0.3, 0.4) is 0 Å². The molecule has 2 rings (SSSR count). The molecule has 1 fully saturated rings. The first-order valence-corrected chi connectivity index (χ1v) is 6.47. The molecule has 0 spiro atoms. The van der Waals surface area contributed by atoms with Crippen LogP contribution in [0.15, 0.2) is 12.3 Å². The van der Waals surface area contributed by atoms with Gasteiger partial charge in [0.05, 0.1) is 5.69 Å². The third kappa shape index (κ3) is 2.89. The van der Waals surface area contributed by atoms with Gasteiger partial charge in [-0.3, -0.25) is 9.59 Å². The minimum Gasteiger partial charge on any atom is -0.397 e. The summed E-state index contributed by atoms with van der Waals surface area (Å²) >= 11 is 0. The minimum absolute atomic E-state index is 0.0527. The zero-order chi connectivity index (χ0) is 14.2. The zero-order valence-electron chi connectivity index (χ0n) is 11.2. The highest BCUT2D eigenvalue weighted by Crippen LogP contribution is 2.37. The second-order valence-corrected chi connectivity index (χ2v) is 5.39. The number of aromatic nitrogens is 1. The van der Waals surface area contributed by atoms with Crippen LogP contribution in [0.25, 0.3) is 0 Å². The molecule has 1 aromatic rings. The minimum atomic E-state index is -0.670. The van der Waals surface area contributed by atoms with Crippen LogP contribution in [-0.4, -0.2) is 22.4 Å². The number of carbonyl (C=O) groups excluding carboxylic acids is 2. The molecule has 0 radical (unpaired) electrons. The third-order valence-electron chi connectivity index (χ3n) is 3.30. The molecule has 104 valence electrons. The zero-order valence-corrected chi connectivity index (χ0v) is 11.2. The Morgan fingerprint density at radius 2 is 2.05 bits per heavy atom. The van der Waals surface area contributed by atoms with E-state index in [1.54, 1.807) is 12.3 Å². The van der Waals surface area contributed by atoms with Gasteiger partial charge in [-0.15, -0.1) is 0 Å². The summed E-state index contributed by atoms with van der Waals surface area (Å²) in [6, 6.07) is 1.31. The molecule has 19 heavy (non-hydrogen) atoms. The molecule has 1 aromatic heterocycles. The van der Waals surface area contributed by atoms with E-state index < -0.39 is 11.9 Å². The van der Waals surface area contributed by atoms with Gasteiger partial charge in [-0.2, -0.15) is 0 Å². The van der Waals surface area contributed by atoms with Crippen molar-refractivity contribution in [1.82, 2.24) is 9.88 Å². The fraction of sp³-hybridized carbons (Fsp3) is 0.538. The molecule has 0 saturated heterocycles. The Labute approximate surface area is 112 Å². The molecule has 5 N–H and O–H groups in total. The Hall–Kier alpha value is -1.98. The lowest BCUT2D eigenvalue weighted by molar-refractivity contribution is -0.120. The molecule has 6 heteroatoms. The number of nitrogens with two attached hydrogens (primary N) is 2. The fourth-order valence-electron chi connectivity index (χ4n) is 2.12. The molecular formula is C13H20N4O2. The summed E-state index contributed by atoms with van der Waals surface area (Å²) in [5, 5.41) is 2.68. The SMILES string of the molecule is CC(C)C(NC(=O)c1cc(N)cn1C1CC1)C(N)=O. The first kappa shape index (κ1) is 13.5. The first-order valence-electron chi connectivity index (χ1n) is 6.47. The molecule has 1 aliphatic carbocycles. The Balaban J connectivity index is 2.17. The molecule has 1 saturated carbocycles. The quantitative estimate of drug-likeness (QED) is 0.727. The lowest BCUT2D eigenvalue weighted by Crippen LogP contribution is -2.48. The monoisotopic (exact) mass is 264 g/mol. The van der Waals surface area contributed by atoms with Gasteiger partial charge in [-0.05, 0) is 24.8 Å². The van der Waals surface area contributed by atoms with Crippen LogP contribution in [0, 0.1) is 5.92 Å². The number of nitrogens with one attached hydrogen (secondary N) is 1. The van der Waals surface area contributed by atoms with Crippen LogP contribution < -0.4 is 16.8 Å². The summed E-state index contributed by atoms with van der Waals surface area (Å²) in [5.74, 6) is -0.884. The predicted molar refractivity (Wildman–Crippen MR) is 72.4 cm³/mol. The van der Waals surface area contributed by atoms with Gasteiger partial charge in [0.25, 0.3) is 5.91 Å². The number of anilines is 1. The normalized spacial score (nSPS) is 16.4. The van der Waals surface area contributed by atoms with Crippen molar-refractivity contribution < 1.29 is 9.59 Å². The van der Waals surface area contributed by atoms with Crippen LogP contribution in [-0.2, 0) is 4.79 Å². The smallest absolute Gasteiger partial charge is 0.268 e. The summed E-state index contributed by atoms with van der Waals surface area (Å²) < 4.78 is 1.88. The number of nitrogens with zero attached hydrogens (tertiary/aromatic N) is 1. The van der Waals surface area contributed by atoms with Gasteiger partial charge in [0, 0.05) is 12.2 Å². The number of nitrogen functional groups attached to an aromatic ring is 1. The number of hydrogen-bond donors (Lipinski definition) is 3. The third-order valence-corrected chi connectivity index (χ3v) is 3.30. The second kappa shape index (κ2) is 4.95. The van der Waals surface area contributed by atoms with E-state index in [2.05, 4.69) is 5.32 Å². The summed E-state index contributed by atoms with van der Waals surface area (Å²) in [4.78, 5) is 23.6. The Morgan fingerprint density at radius 3 is 2.53 bits per heavy atom. The molecule has 0 bridgehead atoms. The van der Waals surface area contributed by atoms with Gasteiger partial charge >= 0.3 is 0 Å². The maximum Gasteiger partial charge on any atom is 0.268 e. The van der Waals surface area contributed by atoms with Gasteiger partial charge in [0.15, 0.2) is 0 Å². The van der Waals surface area contributed by atoms with Crippen molar-refractivity contribution in [2.45, 2.75) is 38.8 Å². The van der Waals surface area contributed by atoms with E-state index in [0.717, 1.165) is 12.8 Å². The molecule has 0 aliphatic heterocycles. The highest BCUT2D eigenvalue weighted by Gasteiger charge is 2.29. The summed E-state index contributed by atoms with van der Waals surface area (Å²) in [5.41, 5.74) is 12.1. The summed E-state index contributed by atoms with van der Waals surface area (Å²) in [6.07, 6.45) is 3.87. The summed E-state index contributed by atoms with van der Waals surface area (Å²) in [7, 11) is 0. The largest absolute Gasteiger partial charge is 0.397 e. The van der Waals surface area contributed by atoms with Gasteiger partial charge in [-0.1, -0.05) is 13.8 Å². The highest BCUT2D eigenvalue weighted by atomic mass is 16.2. The van der Waals surface area contributed by atoms with Crippen LogP contribution >= 0.6 is 0 Å². The number of hydrogen-bond acceptors (Lipinski definition) is 3. The van der Waals surface area contributed by atoms with Gasteiger partial charge in [0.2, 0.25) is 5.91 Å². The topological polar surface area (TPSA) is 103 Å². The van der Waals surface area contributed by atoms with E-state index in [1.165, 1.54) is 0 Å². The summed E-state index contributed by atoms with van der Waals surface area (Å²) in [6.45, 7) is 3.67. The maximum absolute atomic E-state index is 12.2. The lowest BCUT2D eigenvalue weighted by atomic mass is 10.0. The van der Waals surface area contributed by atoms with Crippen molar-refractivity contribution >= 4 is 17.5 Å². The standard InChI is InChI=1S/C13H20N4O2/c1-7(2)11(12(15)18)16-13(19)10-5-8(14)6-17(10)9-3-4-9/h5-7,9,11H,3-4,14H2,1-2H3,(H2,15,18)(H,16,19). The Bertz CT molecular complexity index is 503. The molecule has 1 unspecified atom stereocenters. The van der Waals surface area contributed by atoms with Gasteiger partial charge < -0.3 is 21.4 Å². The van der Waals surface area contributed by atoms with Gasteiger partial charge in [0.1, 0.15) is 11.7 Å². The van der Waals surface area contributed by atoms with Crippen LogP contribution in [0.2, 0.25) is 0 Å². The van der Waals surface area contributed by atoms with Crippen molar-refractivity contribution in [3.63, 3.8) is 0 Å². The van der Waals surface area contributed by atoms with Crippen molar-refractivity contribution in [2.24, 2.45) is 11.7 Å². The van der Waals surface area contributed by atoms with E-state index in [1.807, 2.05) is 18.4 Å². The fourth-order valence-corrected chi connectivity index (χ4v) is 2.12. The van der Waals surface area contributed by atoms with E-state index in [4.69, 9.17) is 11.5 Å². The van der Waals surface area contributed by atoms with Crippen molar-refractivity contribution in [3.8, 4) is 0 Å². The number of rotatable bonds is 5. The number of amides is 2. The number of primary amides is 1. The maximum atomic E-state index is 12.2. The number of carbonyl (C=O) groups is 2. The highest BCUT2D eigenvalue weighted by molar-refractivity contribution is 5.97. The van der Waals surface area contributed by atoms with Crippen molar-refractivity contribution in [1.29, 1.82) is 0 Å². The molecular weight excluding hydrogens is 244 g/mol. The van der Waals surface area contributed by atoms with E-state index in [0.29, 0.717) is 17.4 Å². The van der Waals surface area contributed by atoms with Gasteiger partial charge in [-0.25, -0.2) is 0 Å². The average molecular weight is 264 g/mol. The van der Waals surface area contributed by atoms with Crippen molar-refractivity contribution in [2.75, 3.05) is 5.73 Å². The second-order valence-electron chi connectivity index (χ2n) is 5.39. The lowest BCUT2D eigenvalue weighted by Gasteiger charge is -2.19. The average Bonchev–Trinajstić information content (AvgIpc) is 3.08. The first-order chi connectivity index (χ1) is 8.90. The molecule has 6 nitrogen and oxygen atoms in total. The van der Waals surface area contributed by atoms with Crippen LogP contribution in [0.5, 0.6) is 0 Å². The Morgan fingerprint density at radius 1 is 1.42 bits per heavy atom. The predicted octanol–water partition coefficient (Wildman–Crippen LogP) is 0.645. The van der Waals surface area contributed by atoms with Crippen LogP contribution in [0.1, 0.15) is 43.2 Å². The molecule has 1 heterocycles. The van der Waals surface area contributed by atoms with Crippen LogP contribution in [0.4, 0.5) is 5.69 Å². The molecule has 2 amide bonds. The van der Waals surface area contributed by atoms with Crippen molar-refractivity contribution in [3.05, 3.63) is 18.0 Å².